The number of anilines is 1. The third-order valence-electron chi connectivity index (χ3n) is 3.59. The zero-order chi connectivity index (χ0) is 17.3. The van der Waals surface area contributed by atoms with Crippen molar-refractivity contribution in [2.24, 2.45) is 0 Å². The smallest absolute Gasteiger partial charge is 0.262 e. The summed E-state index contributed by atoms with van der Waals surface area (Å²) >= 11 is 6.04. The fourth-order valence-electron chi connectivity index (χ4n) is 2.44. The van der Waals surface area contributed by atoms with Gasteiger partial charge in [-0.1, -0.05) is 23.7 Å². The van der Waals surface area contributed by atoms with E-state index in [0.717, 1.165) is 16.8 Å². The number of nitrogens with one attached hydrogen (secondary N) is 3. The van der Waals surface area contributed by atoms with Gasteiger partial charge >= 0.3 is 0 Å². The van der Waals surface area contributed by atoms with Gasteiger partial charge in [-0.25, -0.2) is 0 Å². The number of benzene rings is 1. The van der Waals surface area contributed by atoms with Crippen molar-refractivity contribution in [3.05, 3.63) is 68.7 Å². The van der Waals surface area contributed by atoms with Crippen LogP contribution in [0, 0.1) is 13.8 Å². The number of carbonyl (C=O) groups is 1. The number of rotatable bonds is 3. The number of halogens is 1. The van der Waals surface area contributed by atoms with Gasteiger partial charge in [0.25, 0.3) is 5.91 Å². The Labute approximate surface area is 142 Å². The lowest BCUT2D eigenvalue weighted by atomic mass is 10.1. The first kappa shape index (κ1) is 16.0. The fraction of sp³-hybridized carbons (Fsp3) is 0.118. The minimum absolute atomic E-state index is 0.0262. The molecule has 3 rings (SSSR count). The number of H-pyrrole nitrogens is 2. The highest BCUT2D eigenvalue weighted by Crippen LogP contribution is 2.31. The molecule has 0 unspecified atom stereocenters. The third kappa shape index (κ3) is 3.09. The lowest BCUT2D eigenvalue weighted by molar-refractivity contribution is 0.102. The Bertz CT molecular complexity index is 975. The van der Waals surface area contributed by atoms with Gasteiger partial charge in [0.15, 0.2) is 11.2 Å². The number of aromatic amines is 2. The summed E-state index contributed by atoms with van der Waals surface area (Å²) in [7, 11) is 0. The summed E-state index contributed by atoms with van der Waals surface area (Å²) in [6.07, 6.45) is 1.39. The second-order valence-electron chi connectivity index (χ2n) is 5.43. The zero-order valence-electron chi connectivity index (χ0n) is 13.1. The maximum absolute atomic E-state index is 12.4. The normalized spacial score (nSPS) is 10.6. The zero-order valence-corrected chi connectivity index (χ0v) is 13.9. The molecule has 2 aromatic heterocycles. The Hall–Kier alpha value is -2.86. The van der Waals surface area contributed by atoms with Gasteiger partial charge in [0.1, 0.15) is 5.56 Å². The third-order valence-corrected chi connectivity index (χ3v) is 3.83. The summed E-state index contributed by atoms with van der Waals surface area (Å²) in [6, 6.07) is 8.62. The van der Waals surface area contributed by atoms with E-state index in [1.54, 1.807) is 19.1 Å². The summed E-state index contributed by atoms with van der Waals surface area (Å²) in [5.41, 5.74) is 2.70. The van der Waals surface area contributed by atoms with Crippen molar-refractivity contribution >= 4 is 23.3 Å². The molecule has 3 N–H and O–H groups in total. The van der Waals surface area contributed by atoms with Gasteiger partial charge in [-0.05, 0) is 31.5 Å². The number of aromatic nitrogens is 3. The van der Waals surface area contributed by atoms with Gasteiger partial charge in [0.05, 0.1) is 0 Å². The lowest BCUT2D eigenvalue weighted by Gasteiger charge is -2.07. The summed E-state index contributed by atoms with van der Waals surface area (Å²) in [4.78, 5) is 27.2. The van der Waals surface area contributed by atoms with E-state index < -0.39 is 5.91 Å². The van der Waals surface area contributed by atoms with Crippen molar-refractivity contribution in [2.45, 2.75) is 13.8 Å². The van der Waals surface area contributed by atoms with Crippen LogP contribution in [0.5, 0.6) is 0 Å². The molecule has 0 bridgehead atoms. The molecular formula is C17H15ClN4O2. The van der Waals surface area contributed by atoms with Gasteiger partial charge in [0, 0.05) is 34.2 Å². The SMILES string of the molecule is Cc1cc(=O)c(C(=O)Nc2n[nH]c(C)c2-c2cccc(Cl)c2)c[nH]1. The van der Waals surface area contributed by atoms with Crippen molar-refractivity contribution in [1.29, 1.82) is 0 Å². The number of nitrogens with zero attached hydrogens (tertiary/aromatic N) is 1. The van der Waals surface area contributed by atoms with E-state index in [4.69, 9.17) is 11.6 Å². The van der Waals surface area contributed by atoms with Gasteiger partial charge < -0.3 is 10.3 Å². The predicted molar refractivity (Wildman–Crippen MR) is 93.5 cm³/mol. The molecule has 0 atom stereocenters. The predicted octanol–water partition coefficient (Wildman–Crippen LogP) is 3.29. The average molecular weight is 343 g/mol. The Kier molecular flexibility index (Phi) is 4.22. The molecule has 0 radical (unpaired) electrons. The first-order valence-electron chi connectivity index (χ1n) is 7.27. The van der Waals surface area contributed by atoms with E-state index in [9.17, 15) is 9.59 Å². The molecule has 0 spiro atoms. The van der Waals surface area contributed by atoms with Gasteiger partial charge in [0.2, 0.25) is 0 Å². The topological polar surface area (TPSA) is 90.6 Å². The number of carbonyl (C=O) groups excluding carboxylic acids is 1. The molecule has 3 aromatic rings. The molecule has 0 aliphatic carbocycles. The van der Waals surface area contributed by atoms with Crippen molar-refractivity contribution < 1.29 is 4.79 Å². The van der Waals surface area contributed by atoms with E-state index >= 15 is 0 Å². The molecule has 0 saturated carbocycles. The van der Waals surface area contributed by atoms with E-state index in [1.165, 1.54) is 12.3 Å². The van der Waals surface area contributed by atoms with E-state index in [2.05, 4.69) is 20.5 Å². The van der Waals surface area contributed by atoms with Crippen molar-refractivity contribution in [1.82, 2.24) is 15.2 Å². The molecule has 7 heteroatoms. The maximum Gasteiger partial charge on any atom is 0.262 e. The highest BCUT2D eigenvalue weighted by molar-refractivity contribution is 6.30. The fourth-order valence-corrected chi connectivity index (χ4v) is 2.63. The summed E-state index contributed by atoms with van der Waals surface area (Å²) in [5.74, 6) is -0.175. The molecule has 1 amide bonds. The number of hydrogen-bond donors (Lipinski definition) is 3. The molecule has 2 heterocycles. The minimum atomic E-state index is -0.522. The standard InChI is InChI=1S/C17H15ClN4O2/c1-9-6-14(23)13(8-19-9)17(24)20-16-15(10(2)21-22-16)11-4-3-5-12(18)7-11/h3-8H,1-2H3,(H,19,23)(H2,20,21,22,24). The number of pyridine rings is 1. The van der Waals surface area contributed by atoms with Gasteiger partial charge in [-0.2, -0.15) is 5.10 Å². The van der Waals surface area contributed by atoms with Crippen LogP contribution in [0.2, 0.25) is 5.02 Å². The van der Waals surface area contributed by atoms with Crippen molar-refractivity contribution in [3.8, 4) is 11.1 Å². The van der Waals surface area contributed by atoms with Crippen LogP contribution in [0.3, 0.4) is 0 Å². The molecule has 0 saturated heterocycles. The molecular weight excluding hydrogens is 328 g/mol. The molecule has 0 aliphatic rings. The minimum Gasteiger partial charge on any atom is -0.364 e. The van der Waals surface area contributed by atoms with Gasteiger partial charge in [-0.3, -0.25) is 14.7 Å². The Morgan fingerprint density at radius 1 is 1.25 bits per heavy atom. The first-order valence-corrected chi connectivity index (χ1v) is 7.65. The highest BCUT2D eigenvalue weighted by Gasteiger charge is 2.17. The highest BCUT2D eigenvalue weighted by atomic mass is 35.5. The van der Waals surface area contributed by atoms with Crippen LogP contribution in [0.15, 0.2) is 41.3 Å². The van der Waals surface area contributed by atoms with E-state index in [-0.39, 0.29) is 11.0 Å². The molecule has 24 heavy (non-hydrogen) atoms. The molecule has 0 fully saturated rings. The summed E-state index contributed by atoms with van der Waals surface area (Å²) in [5, 5.41) is 10.2. The summed E-state index contributed by atoms with van der Waals surface area (Å²) in [6.45, 7) is 3.59. The van der Waals surface area contributed by atoms with Crippen LogP contribution in [-0.2, 0) is 0 Å². The monoisotopic (exact) mass is 342 g/mol. The number of aryl methyl sites for hydroxylation is 2. The lowest BCUT2D eigenvalue weighted by Crippen LogP contribution is -2.22. The van der Waals surface area contributed by atoms with Crippen LogP contribution < -0.4 is 10.7 Å². The largest absolute Gasteiger partial charge is 0.364 e. The van der Waals surface area contributed by atoms with Gasteiger partial charge in [-0.15, -0.1) is 0 Å². The van der Waals surface area contributed by atoms with Crippen LogP contribution in [-0.4, -0.2) is 21.1 Å². The Balaban J connectivity index is 1.97. The maximum atomic E-state index is 12.4. The number of hydrogen-bond acceptors (Lipinski definition) is 3. The molecule has 6 nitrogen and oxygen atoms in total. The van der Waals surface area contributed by atoms with E-state index in [0.29, 0.717) is 16.5 Å². The number of amides is 1. The van der Waals surface area contributed by atoms with Crippen molar-refractivity contribution in [3.63, 3.8) is 0 Å². The van der Waals surface area contributed by atoms with E-state index in [1.807, 2.05) is 19.1 Å². The molecule has 0 aliphatic heterocycles. The van der Waals surface area contributed by atoms with Crippen LogP contribution >= 0.6 is 11.6 Å². The van der Waals surface area contributed by atoms with Crippen LogP contribution in [0.25, 0.3) is 11.1 Å². The molecule has 122 valence electrons. The average Bonchev–Trinajstić information content (AvgIpc) is 2.87. The Morgan fingerprint density at radius 3 is 2.75 bits per heavy atom. The Morgan fingerprint density at radius 2 is 2.04 bits per heavy atom. The van der Waals surface area contributed by atoms with Crippen LogP contribution in [0.4, 0.5) is 5.82 Å². The second kappa shape index (κ2) is 6.33. The summed E-state index contributed by atoms with van der Waals surface area (Å²) < 4.78 is 0. The second-order valence-corrected chi connectivity index (χ2v) is 5.87. The van der Waals surface area contributed by atoms with Crippen LogP contribution in [0.1, 0.15) is 21.7 Å². The first-order chi connectivity index (χ1) is 11.5. The van der Waals surface area contributed by atoms with Crippen molar-refractivity contribution in [2.75, 3.05) is 5.32 Å². The molecule has 1 aromatic carbocycles. The quantitative estimate of drug-likeness (QED) is 0.682.